The Hall–Kier alpha value is -0.640. The summed E-state index contributed by atoms with van der Waals surface area (Å²) in [6, 6.07) is 10.6. The predicted molar refractivity (Wildman–Crippen MR) is 78.7 cm³/mol. The summed E-state index contributed by atoms with van der Waals surface area (Å²) in [6.07, 6.45) is 1.01. The number of nitrogens with two attached hydrogens (primary N) is 1. The van der Waals surface area contributed by atoms with Crippen molar-refractivity contribution in [3.8, 4) is 0 Å². The van der Waals surface area contributed by atoms with Crippen LogP contribution in [0.15, 0.2) is 40.2 Å². The van der Waals surface area contributed by atoms with Gasteiger partial charge in [0.2, 0.25) is 0 Å². The quantitative estimate of drug-likeness (QED) is 0.904. The van der Waals surface area contributed by atoms with Crippen molar-refractivity contribution in [1.29, 1.82) is 0 Å². The standard InChI is InChI=1S/C14H16BrNS/c1-10-4-2-3-5-12(10)11(9-16)8-14-13(15)6-7-17-14/h2-7,11H,8-9,16H2,1H3. The van der Waals surface area contributed by atoms with Crippen molar-refractivity contribution in [2.75, 3.05) is 6.54 Å². The molecule has 0 aliphatic carbocycles. The molecule has 0 bridgehead atoms. The van der Waals surface area contributed by atoms with E-state index < -0.39 is 0 Å². The van der Waals surface area contributed by atoms with Gasteiger partial charge in [0.1, 0.15) is 0 Å². The van der Waals surface area contributed by atoms with Crippen molar-refractivity contribution in [2.45, 2.75) is 19.3 Å². The first-order valence-electron chi connectivity index (χ1n) is 5.70. The Bertz CT molecular complexity index is 492. The number of benzene rings is 1. The molecule has 0 saturated heterocycles. The molecule has 17 heavy (non-hydrogen) atoms. The fraction of sp³-hybridized carbons (Fsp3) is 0.286. The van der Waals surface area contributed by atoms with Crippen LogP contribution in [0, 0.1) is 6.92 Å². The highest BCUT2D eigenvalue weighted by Gasteiger charge is 2.14. The van der Waals surface area contributed by atoms with Crippen molar-refractivity contribution >= 4 is 27.3 Å². The molecule has 0 aliphatic heterocycles. The highest BCUT2D eigenvalue weighted by Crippen LogP contribution is 2.30. The first-order chi connectivity index (χ1) is 8.22. The van der Waals surface area contributed by atoms with Crippen molar-refractivity contribution in [3.63, 3.8) is 0 Å². The Morgan fingerprint density at radius 2 is 2.06 bits per heavy atom. The Balaban J connectivity index is 2.23. The minimum atomic E-state index is 0.408. The number of halogens is 1. The van der Waals surface area contributed by atoms with E-state index >= 15 is 0 Å². The lowest BCUT2D eigenvalue weighted by atomic mass is 9.92. The van der Waals surface area contributed by atoms with Gasteiger partial charge in [0.25, 0.3) is 0 Å². The average Bonchev–Trinajstić information content (AvgIpc) is 2.73. The molecular formula is C14H16BrNS. The van der Waals surface area contributed by atoms with E-state index in [0.717, 1.165) is 6.42 Å². The van der Waals surface area contributed by atoms with Gasteiger partial charge in [-0.25, -0.2) is 0 Å². The van der Waals surface area contributed by atoms with Gasteiger partial charge in [-0.15, -0.1) is 11.3 Å². The van der Waals surface area contributed by atoms with E-state index in [4.69, 9.17) is 5.73 Å². The zero-order valence-corrected chi connectivity index (χ0v) is 12.2. The Morgan fingerprint density at radius 1 is 1.29 bits per heavy atom. The summed E-state index contributed by atoms with van der Waals surface area (Å²) in [7, 11) is 0. The maximum atomic E-state index is 5.93. The van der Waals surface area contributed by atoms with Crippen molar-refractivity contribution in [3.05, 3.63) is 56.2 Å². The second-order valence-corrected chi connectivity index (χ2v) is 6.04. The van der Waals surface area contributed by atoms with Gasteiger partial charge in [0, 0.05) is 15.3 Å². The smallest absolute Gasteiger partial charge is 0.0314 e. The molecule has 0 fully saturated rings. The lowest BCUT2D eigenvalue weighted by Gasteiger charge is -2.17. The summed E-state index contributed by atoms with van der Waals surface area (Å²) in [5.41, 5.74) is 8.63. The highest BCUT2D eigenvalue weighted by atomic mass is 79.9. The zero-order valence-electron chi connectivity index (χ0n) is 9.82. The molecule has 1 heterocycles. The first-order valence-corrected chi connectivity index (χ1v) is 7.37. The van der Waals surface area contributed by atoms with Gasteiger partial charge >= 0.3 is 0 Å². The van der Waals surface area contributed by atoms with Gasteiger partial charge in [-0.3, -0.25) is 0 Å². The second-order valence-electron chi connectivity index (χ2n) is 4.19. The first kappa shape index (κ1) is 12.8. The number of aryl methyl sites for hydroxylation is 1. The molecule has 1 aromatic heterocycles. The molecule has 2 N–H and O–H groups in total. The third-order valence-electron chi connectivity index (χ3n) is 3.04. The minimum absolute atomic E-state index is 0.408. The molecule has 0 amide bonds. The number of hydrogen-bond acceptors (Lipinski definition) is 2. The molecule has 1 unspecified atom stereocenters. The van der Waals surface area contributed by atoms with Crippen LogP contribution in [0.4, 0.5) is 0 Å². The maximum absolute atomic E-state index is 5.93. The molecule has 1 aromatic carbocycles. The van der Waals surface area contributed by atoms with Gasteiger partial charge in [-0.1, -0.05) is 24.3 Å². The number of hydrogen-bond donors (Lipinski definition) is 1. The van der Waals surface area contributed by atoms with Gasteiger partial charge in [0.15, 0.2) is 0 Å². The molecular weight excluding hydrogens is 294 g/mol. The summed E-state index contributed by atoms with van der Waals surface area (Å²) in [5.74, 6) is 0.408. The lowest BCUT2D eigenvalue weighted by molar-refractivity contribution is 0.695. The highest BCUT2D eigenvalue weighted by molar-refractivity contribution is 9.10. The van der Waals surface area contributed by atoms with Crippen LogP contribution in [-0.2, 0) is 6.42 Å². The topological polar surface area (TPSA) is 26.0 Å². The molecule has 90 valence electrons. The molecule has 0 aliphatic rings. The molecule has 2 rings (SSSR count). The molecule has 1 atom stereocenters. The molecule has 3 heteroatoms. The second kappa shape index (κ2) is 5.80. The van der Waals surface area contributed by atoms with Crippen molar-refractivity contribution in [1.82, 2.24) is 0 Å². The fourth-order valence-corrected chi connectivity index (χ4v) is 3.66. The number of thiophene rings is 1. The Kier molecular flexibility index (Phi) is 4.37. The minimum Gasteiger partial charge on any atom is -0.330 e. The summed E-state index contributed by atoms with van der Waals surface area (Å²) in [4.78, 5) is 1.38. The average molecular weight is 310 g/mol. The number of rotatable bonds is 4. The van der Waals surface area contributed by atoms with Gasteiger partial charge in [-0.05, 0) is 58.4 Å². The van der Waals surface area contributed by atoms with Crippen LogP contribution in [0.25, 0.3) is 0 Å². The van der Waals surface area contributed by atoms with E-state index in [1.54, 1.807) is 11.3 Å². The van der Waals surface area contributed by atoms with Crippen LogP contribution in [0.3, 0.4) is 0 Å². The SMILES string of the molecule is Cc1ccccc1C(CN)Cc1sccc1Br. The van der Waals surface area contributed by atoms with Gasteiger partial charge in [-0.2, -0.15) is 0 Å². The van der Waals surface area contributed by atoms with Crippen molar-refractivity contribution < 1.29 is 0 Å². The van der Waals surface area contributed by atoms with Crippen LogP contribution in [0.2, 0.25) is 0 Å². The normalized spacial score (nSPS) is 12.6. The summed E-state index contributed by atoms with van der Waals surface area (Å²) >= 11 is 5.38. The van der Waals surface area contributed by atoms with E-state index in [1.807, 2.05) is 0 Å². The summed E-state index contributed by atoms with van der Waals surface area (Å²) < 4.78 is 1.20. The Labute approximate surface area is 115 Å². The summed E-state index contributed by atoms with van der Waals surface area (Å²) in [5, 5.41) is 2.12. The van der Waals surface area contributed by atoms with E-state index in [-0.39, 0.29) is 0 Å². The van der Waals surface area contributed by atoms with E-state index in [2.05, 4.69) is 58.6 Å². The van der Waals surface area contributed by atoms with Crippen LogP contribution in [-0.4, -0.2) is 6.54 Å². The van der Waals surface area contributed by atoms with Crippen molar-refractivity contribution in [2.24, 2.45) is 5.73 Å². The molecule has 0 radical (unpaired) electrons. The molecule has 2 aromatic rings. The Morgan fingerprint density at radius 3 is 2.65 bits per heavy atom. The fourth-order valence-electron chi connectivity index (χ4n) is 2.06. The maximum Gasteiger partial charge on any atom is 0.0314 e. The predicted octanol–water partition coefficient (Wildman–Crippen LogP) is 4.10. The van der Waals surface area contributed by atoms with Gasteiger partial charge < -0.3 is 5.73 Å². The monoisotopic (exact) mass is 309 g/mol. The van der Waals surface area contributed by atoms with E-state index in [0.29, 0.717) is 12.5 Å². The third kappa shape index (κ3) is 2.97. The van der Waals surface area contributed by atoms with E-state index in [1.165, 1.54) is 20.5 Å². The largest absolute Gasteiger partial charge is 0.330 e. The van der Waals surface area contributed by atoms with Crippen LogP contribution >= 0.6 is 27.3 Å². The lowest BCUT2D eigenvalue weighted by Crippen LogP contribution is -2.15. The van der Waals surface area contributed by atoms with Crippen LogP contribution in [0.1, 0.15) is 21.9 Å². The molecule has 1 nitrogen and oxygen atoms in total. The molecule has 0 spiro atoms. The molecule has 0 saturated carbocycles. The van der Waals surface area contributed by atoms with Crippen LogP contribution < -0.4 is 5.73 Å². The van der Waals surface area contributed by atoms with E-state index in [9.17, 15) is 0 Å². The van der Waals surface area contributed by atoms with Gasteiger partial charge in [0.05, 0.1) is 0 Å². The third-order valence-corrected chi connectivity index (χ3v) is 4.98. The summed E-state index contributed by atoms with van der Waals surface area (Å²) in [6.45, 7) is 2.84. The van der Waals surface area contributed by atoms with Crippen LogP contribution in [0.5, 0.6) is 0 Å². The zero-order chi connectivity index (χ0) is 12.3.